The second-order valence-electron chi connectivity index (χ2n) is 1.63. The highest BCUT2D eigenvalue weighted by Crippen LogP contribution is 1.92. The van der Waals surface area contributed by atoms with Gasteiger partial charge in [0.05, 0.1) is 5.69 Å². The number of rotatable bonds is 1. The van der Waals surface area contributed by atoms with Gasteiger partial charge in [-0.05, 0) is 19.1 Å². The van der Waals surface area contributed by atoms with Crippen molar-refractivity contribution in [2.24, 2.45) is 0 Å². The molecule has 0 radical (unpaired) electrons. The summed E-state index contributed by atoms with van der Waals surface area (Å²) < 4.78 is 0. The standard InChI is InChI=1S/C7H8N2/c1-2-3-7-4-5-8-6-9-7/h2-6H,1H3/b3-2+. The lowest BCUT2D eigenvalue weighted by Gasteiger charge is -1.85. The molecule has 2 nitrogen and oxygen atoms in total. The SMILES string of the molecule is C/C=C/c1ccncn1. The molecule has 1 aromatic heterocycles. The van der Waals surface area contributed by atoms with Crippen molar-refractivity contribution in [2.75, 3.05) is 0 Å². The van der Waals surface area contributed by atoms with E-state index >= 15 is 0 Å². The van der Waals surface area contributed by atoms with Crippen molar-refractivity contribution in [3.8, 4) is 0 Å². The molecule has 0 saturated carbocycles. The van der Waals surface area contributed by atoms with E-state index in [4.69, 9.17) is 0 Å². The smallest absolute Gasteiger partial charge is 0.115 e. The highest BCUT2D eigenvalue weighted by atomic mass is 14.8. The molecule has 1 aromatic rings. The molecule has 1 heterocycles. The number of nitrogens with zero attached hydrogens (tertiary/aromatic N) is 2. The minimum Gasteiger partial charge on any atom is -0.245 e. The molecular formula is C7H8N2. The van der Waals surface area contributed by atoms with Crippen molar-refractivity contribution in [2.45, 2.75) is 6.92 Å². The van der Waals surface area contributed by atoms with Crippen molar-refractivity contribution in [3.05, 3.63) is 30.4 Å². The molecule has 1 rings (SSSR count). The number of allylic oxidation sites excluding steroid dienone is 1. The van der Waals surface area contributed by atoms with Gasteiger partial charge in [-0.15, -0.1) is 0 Å². The predicted molar refractivity (Wildman–Crippen MR) is 36.7 cm³/mol. The Morgan fingerprint density at radius 2 is 2.44 bits per heavy atom. The van der Waals surface area contributed by atoms with Crippen molar-refractivity contribution < 1.29 is 0 Å². The lowest BCUT2D eigenvalue weighted by molar-refractivity contribution is 1.15. The molecule has 0 atom stereocenters. The summed E-state index contributed by atoms with van der Waals surface area (Å²) in [5, 5.41) is 0. The zero-order chi connectivity index (χ0) is 6.53. The Morgan fingerprint density at radius 3 is 3.00 bits per heavy atom. The summed E-state index contributed by atoms with van der Waals surface area (Å²) in [5.41, 5.74) is 0.951. The van der Waals surface area contributed by atoms with Gasteiger partial charge in [0.1, 0.15) is 6.33 Å². The molecule has 0 aliphatic heterocycles. The number of hydrogen-bond acceptors (Lipinski definition) is 2. The predicted octanol–water partition coefficient (Wildman–Crippen LogP) is 1.51. The first-order chi connectivity index (χ1) is 4.43. The fraction of sp³-hybridized carbons (Fsp3) is 0.143. The van der Waals surface area contributed by atoms with Gasteiger partial charge in [0, 0.05) is 6.20 Å². The van der Waals surface area contributed by atoms with E-state index in [9.17, 15) is 0 Å². The van der Waals surface area contributed by atoms with E-state index in [2.05, 4.69) is 9.97 Å². The van der Waals surface area contributed by atoms with Crippen LogP contribution in [-0.4, -0.2) is 9.97 Å². The quantitative estimate of drug-likeness (QED) is 0.561. The van der Waals surface area contributed by atoms with Gasteiger partial charge in [0.2, 0.25) is 0 Å². The molecule has 0 amide bonds. The number of hydrogen-bond donors (Lipinski definition) is 0. The minimum absolute atomic E-state index is 0.951. The normalized spacial score (nSPS) is 10.3. The van der Waals surface area contributed by atoms with E-state index < -0.39 is 0 Å². The van der Waals surface area contributed by atoms with Crippen molar-refractivity contribution in [1.82, 2.24) is 9.97 Å². The van der Waals surface area contributed by atoms with Crippen LogP contribution in [0.4, 0.5) is 0 Å². The van der Waals surface area contributed by atoms with E-state index in [0.29, 0.717) is 0 Å². The molecule has 0 aliphatic rings. The largest absolute Gasteiger partial charge is 0.245 e. The van der Waals surface area contributed by atoms with Crippen LogP contribution >= 0.6 is 0 Å². The Kier molecular flexibility index (Phi) is 1.96. The summed E-state index contributed by atoms with van der Waals surface area (Å²) >= 11 is 0. The monoisotopic (exact) mass is 120 g/mol. The van der Waals surface area contributed by atoms with E-state index in [1.54, 1.807) is 6.20 Å². The number of aromatic nitrogens is 2. The van der Waals surface area contributed by atoms with E-state index in [-0.39, 0.29) is 0 Å². The van der Waals surface area contributed by atoms with E-state index in [1.807, 2.05) is 25.1 Å². The topological polar surface area (TPSA) is 25.8 Å². The summed E-state index contributed by atoms with van der Waals surface area (Å²) in [6, 6.07) is 1.86. The van der Waals surface area contributed by atoms with Gasteiger partial charge in [0.25, 0.3) is 0 Å². The third-order valence-corrected chi connectivity index (χ3v) is 0.942. The van der Waals surface area contributed by atoms with E-state index in [1.165, 1.54) is 6.33 Å². The average Bonchev–Trinajstić information content (AvgIpc) is 1.91. The summed E-state index contributed by atoms with van der Waals surface area (Å²) in [4.78, 5) is 7.75. The molecule has 46 valence electrons. The van der Waals surface area contributed by atoms with Crippen LogP contribution in [0, 0.1) is 0 Å². The zero-order valence-corrected chi connectivity index (χ0v) is 5.28. The Morgan fingerprint density at radius 1 is 1.56 bits per heavy atom. The molecule has 0 aliphatic carbocycles. The van der Waals surface area contributed by atoms with Crippen LogP contribution in [0.1, 0.15) is 12.6 Å². The Hall–Kier alpha value is -1.18. The lowest BCUT2D eigenvalue weighted by atomic mass is 10.4. The molecular weight excluding hydrogens is 112 g/mol. The second-order valence-corrected chi connectivity index (χ2v) is 1.63. The zero-order valence-electron chi connectivity index (χ0n) is 5.28. The van der Waals surface area contributed by atoms with Gasteiger partial charge in [-0.1, -0.05) is 6.08 Å². The minimum atomic E-state index is 0.951. The Labute approximate surface area is 54.3 Å². The van der Waals surface area contributed by atoms with Gasteiger partial charge in [-0.25, -0.2) is 9.97 Å². The van der Waals surface area contributed by atoms with Crippen LogP contribution in [0.5, 0.6) is 0 Å². The highest BCUT2D eigenvalue weighted by molar-refractivity contribution is 5.42. The summed E-state index contributed by atoms with van der Waals surface area (Å²) in [5.74, 6) is 0. The second kappa shape index (κ2) is 2.97. The molecule has 0 N–H and O–H groups in total. The first-order valence-corrected chi connectivity index (χ1v) is 2.82. The van der Waals surface area contributed by atoms with Gasteiger partial charge in [-0.2, -0.15) is 0 Å². The van der Waals surface area contributed by atoms with Crippen molar-refractivity contribution in [3.63, 3.8) is 0 Å². The molecule has 2 heteroatoms. The Balaban J connectivity index is 2.85. The molecule has 0 bridgehead atoms. The van der Waals surface area contributed by atoms with Crippen molar-refractivity contribution >= 4 is 6.08 Å². The molecule has 0 saturated heterocycles. The molecule has 0 aromatic carbocycles. The van der Waals surface area contributed by atoms with E-state index in [0.717, 1.165) is 5.69 Å². The maximum atomic E-state index is 3.97. The lowest BCUT2D eigenvalue weighted by Crippen LogP contribution is -1.78. The molecule has 0 unspecified atom stereocenters. The first-order valence-electron chi connectivity index (χ1n) is 2.82. The fourth-order valence-electron chi connectivity index (χ4n) is 0.570. The van der Waals surface area contributed by atoms with Gasteiger partial charge >= 0.3 is 0 Å². The highest BCUT2D eigenvalue weighted by Gasteiger charge is 1.80. The van der Waals surface area contributed by atoms with Crippen LogP contribution in [0.3, 0.4) is 0 Å². The molecule has 0 fully saturated rings. The van der Waals surface area contributed by atoms with Crippen molar-refractivity contribution in [1.29, 1.82) is 0 Å². The maximum Gasteiger partial charge on any atom is 0.115 e. The maximum absolute atomic E-state index is 3.97. The third-order valence-electron chi connectivity index (χ3n) is 0.942. The van der Waals surface area contributed by atoms with Crippen LogP contribution in [0.25, 0.3) is 6.08 Å². The summed E-state index contributed by atoms with van der Waals surface area (Å²) in [6.07, 6.45) is 7.14. The Bertz CT molecular complexity index is 191. The van der Waals surface area contributed by atoms with Crippen LogP contribution < -0.4 is 0 Å². The fourth-order valence-corrected chi connectivity index (χ4v) is 0.570. The first kappa shape index (κ1) is 5.95. The molecule has 9 heavy (non-hydrogen) atoms. The molecule has 0 spiro atoms. The summed E-state index contributed by atoms with van der Waals surface area (Å²) in [6.45, 7) is 1.96. The average molecular weight is 120 g/mol. The van der Waals surface area contributed by atoms with Crippen LogP contribution in [0.15, 0.2) is 24.7 Å². The van der Waals surface area contributed by atoms with Gasteiger partial charge in [0.15, 0.2) is 0 Å². The summed E-state index contributed by atoms with van der Waals surface area (Å²) in [7, 11) is 0. The van der Waals surface area contributed by atoms with Gasteiger partial charge in [-0.3, -0.25) is 0 Å². The third kappa shape index (κ3) is 1.64. The van der Waals surface area contributed by atoms with Gasteiger partial charge < -0.3 is 0 Å². The van der Waals surface area contributed by atoms with Crippen LogP contribution in [0.2, 0.25) is 0 Å². The van der Waals surface area contributed by atoms with Crippen LogP contribution in [-0.2, 0) is 0 Å².